The molecule has 2 atom stereocenters. The molecule has 1 heterocycles. The summed E-state index contributed by atoms with van der Waals surface area (Å²) in [4.78, 5) is 3.33. The summed E-state index contributed by atoms with van der Waals surface area (Å²) in [7, 11) is -1.02. The van der Waals surface area contributed by atoms with E-state index in [2.05, 4.69) is 9.35 Å². The van der Waals surface area contributed by atoms with Crippen molar-refractivity contribution in [1.29, 1.82) is 0 Å². The van der Waals surface area contributed by atoms with Gasteiger partial charge in [-0.25, -0.2) is 8.57 Å². The van der Waals surface area contributed by atoms with E-state index in [1.165, 1.54) is 19.4 Å². The number of nitrogens with zero attached hydrogens (tertiary/aromatic N) is 2. The number of rotatable bonds is 2. The SMILES string of the molecule is CN=S(C)(=O)[C@H](C)c1ccc(C(F)(F)F)nc1. The minimum atomic E-state index is -4.45. The van der Waals surface area contributed by atoms with Crippen LogP contribution < -0.4 is 0 Å². The molecule has 0 aliphatic carbocycles. The molecule has 3 nitrogen and oxygen atoms in total. The van der Waals surface area contributed by atoms with Crippen molar-refractivity contribution in [3.8, 4) is 0 Å². The van der Waals surface area contributed by atoms with Crippen LogP contribution in [0.3, 0.4) is 0 Å². The number of hydrogen-bond acceptors (Lipinski definition) is 3. The highest BCUT2D eigenvalue weighted by atomic mass is 32.2. The molecule has 96 valence electrons. The summed E-state index contributed by atoms with van der Waals surface area (Å²) in [6, 6.07) is 2.17. The molecule has 0 spiro atoms. The Morgan fingerprint density at radius 2 is 2.00 bits per heavy atom. The summed E-state index contributed by atoms with van der Waals surface area (Å²) in [5.74, 6) is 0. The fourth-order valence-electron chi connectivity index (χ4n) is 1.22. The van der Waals surface area contributed by atoms with Crippen molar-refractivity contribution in [2.45, 2.75) is 18.3 Å². The van der Waals surface area contributed by atoms with Crippen molar-refractivity contribution in [3.05, 3.63) is 29.6 Å². The Hall–Kier alpha value is -1.11. The first-order chi connectivity index (χ1) is 7.68. The van der Waals surface area contributed by atoms with E-state index in [1.54, 1.807) is 6.92 Å². The number of hydrogen-bond donors (Lipinski definition) is 0. The van der Waals surface area contributed by atoms with Gasteiger partial charge < -0.3 is 0 Å². The smallest absolute Gasteiger partial charge is 0.251 e. The van der Waals surface area contributed by atoms with E-state index in [9.17, 15) is 17.4 Å². The van der Waals surface area contributed by atoms with Crippen LogP contribution in [-0.2, 0) is 15.9 Å². The summed E-state index contributed by atoms with van der Waals surface area (Å²) in [6.45, 7) is 1.65. The third-order valence-electron chi connectivity index (χ3n) is 2.56. The molecule has 0 saturated carbocycles. The summed E-state index contributed by atoms with van der Waals surface area (Å²) in [5, 5.41) is -0.456. The number of pyridine rings is 1. The average Bonchev–Trinajstić information content (AvgIpc) is 2.27. The van der Waals surface area contributed by atoms with E-state index >= 15 is 0 Å². The lowest BCUT2D eigenvalue weighted by Gasteiger charge is -2.14. The van der Waals surface area contributed by atoms with Crippen LogP contribution in [0.5, 0.6) is 0 Å². The summed E-state index contributed by atoms with van der Waals surface area (Å²) in [6.07, 6.45) is -1.89. The van der Waals surface area contributed by atoms with Gasteiger partial charge in [-0.3, -0.25) is 4.98 Å². The molecule has 1 aromatic heterocycles. The molecule has 0 aliphatic heterocycles. The fourth-order valence-corrected chi connectivity index (χ4v) is 2.18. The zero-order valence-corrected chi connectivity index (χ0v) is 10.5. The lowest BCUT2D eigenvalue weighted by molar-refractivity contribution is -0.141. The molecule has 0 radical (unpaired) electrons. The third-order valence-corrected chi connectivity index (χ3v) is 4.87. The largest absolute Gasteiger partial charge is 0.433 e. The normalized spacial score (nSPS) is 17.3. The van der Waals surface area contributed by atoms with E-state index in [-0.39, 0.29) is 0 Å². The summed E-state index contributed by atoms with van der Waals surface area (Å²) >= 11 is 0. The van der Waals surface area contributed by atoms with Gasteiger partial charge in [0.25, 0.3) is 0 Å². The summed E-state index contributed by atoms with van der Waals surface area (Å²) < 4.78 is 52.5. The average molecular weight is 266 g/mol. The predicted octanol–water partition coefficient (Wildman–Crippen LogP) is 2.89. The molecular formula is C10H13F3N2OS. The van der Waals surface area contributed by atoms with Gasteiger partial charge in [-0.05, 0) is 18.6 Å². The lowest BCUT2D eigenvalue weighted by Crippen LogP contribution is -2.11. The van der Waals surface area contributed by atoms with Gasteiger partial charge in [-0.2, -0.15) is 13.2 Å². The van der Waals surface area contributed by atoms with E-state index in [1.807, 2.05) is 0 Å². The zero-order valence-electron chi connectivity index (χ0n) is 9.65. The van der Waals surface area contributed by atoms with E-state index in [4.69, 9.17) is 0 Å². The van der Waals surface area contributed by atoms with Crippen molar-refractivity contribution in [1.82, 2.24) is 4.98 Å². The molecular weight excluding hydrogens is 253 g/mol. The van der Waals surface area contributed by atoms with Gasteiger partial charge in [-0.15, -0.1) is 0 Å². The van der Waals surface area contributed by atoms with Crippen molar-refractivity contribution < 1.29 is 17.4 Å². The van der Waals surface area contributed by atoms with Crippen molar-refractivity contribution >= 4 is 9.73 Å². The van der Waals surface area contributed by atoms with Gasteiger partial charge in [0.15, 0.2) is 0 Å². The van der Waals surface area contributed by atoms with Crippen LogP contribution in [-0.4, -0.2) is 22.5 Å². The van der Waals surface area contributed by atoms with E-state index in [0.29, 0.717) is 5.56 Å². The maximum atomic E-state index is 12.3. The Kier molecular flexibility index (Phi) is 3.81. The molecule has 0 aliphatic rings. The monoisotopic (exact) mass is 266 g/mol. The molecule has 1 aromatic rings. The van der Waals surface area contributed by atoms with E-state index < -0.39 is 26.8 Å². The standard InChI is InChI=1S/C10H13F3N2OS/c1-7(17(3,16)14-2)8-4-5-9(15-6-8)10(11,12)13/h4-7H,1-3H3/t7-,17?/m1/s1. The number of halogens is 3. The van der Waals surface area contributed by atoms with Crippen molar-refractivity contribution in [2.24, 2.45) is 4.36 Å². The van der Waals surface area contributed by atoms with Crippen LogP contribution in [0.15, 0.2) is 22.7 Å². The van der Waals surface area contributed by atoms with Crippen LogP contribution in [0.4, 0.5) is 13.2 Å². The number of alkyl halides is 3. The molecule has 0 bridgehead atoms. The minimum Gasteiger partial charge on any atom is -0.251 e. The van der Waals surface area contributed by atoms with Crippen LogP contribution in [0, 0.1) is 0 Å². The predicted molar refractivity (Wildman–Crippen MR) is 60.1 cm³/mol. The Balaban J connectivity index is 3.09. The first-order valence-electron chi connectivity index (χ1n) is 4.80. The highest BCUT2D eigenvalue weighted by molar-refractivity contribution is 7.93. The molecule has 1 rings (SSSR count). The molecule has 0 fully saturated rings. The van der Waals surface area contributed by atoms with Gasteiger partial charge in [0.05, 0.1) is 15.0 Å². The van der Waals surface area contributed by atoms with Crippen LogP contribution in [0.25, 0.3) is 0 Å². The maximum absolute atomic E-state index is 12.3. The highest BCUT2D eigenvalue weighted by Crippen LogP contribution is 2.29. The van der Waals surface area contributed by atoms with Crippen LogP contribution in [0.1, 0.15) is 23.4 Å². The van der Waals surface area contributed by atoms with Crippen molar-refractivity contribution in [2.75, 3.05) is 13.3 Å². The number of aromatic nitrogens is 1. The Morgan fingerprint density at radius 1 is 1.41 bits per heavy atom. The Morgan fingerprint density at radius 3 is 2.35 bits per heavy atom. The second-order valence-corrected chi connectivity index (χ2v) is 6.45. The molecule has 1 unspecified atom stereocenters. The van der Waals surface area contributed by atoms with Gasteiger partial charge in [0, 0.05) is 19.5 Å². The topological polar surface area (TPSA) is 42.3 Å². The summed E-state index contributed by atoms with van der Waals surface area (Å²) in [5.41, 5.74) is -0.472. The second-order valence-electron chi connectivity index (χ2n) is 3.66. The van der Waals surface area contributed by atoms with Gasteiger partial charge >= 0.3 is 6.18 Å². The third kappa shape index (κ3) is 3.18. The quantitative estimate of drug-likeness (QED) is 0.826. The molecule has 0 saturated heterocycles. The van der Waals surface area contributed by atoms with Crippen LogP contribution in [0.2, 0.25) is 0 Å². The second kappa shape index (κ2) is 4.64. The Labute approximate surface area is 98.3 Å². The van der Waals surface area contributed by atoms with Crippen LogP contribution >= 0.6 is 0 Å². The highest BCUT2D eigenvalue weighted by Gasteiger charge is 2.32. The van der Waals surface area contributed by atoms with Gasteiger partial charge in [-0.1, -0.05) is 6.07 Å². The molecule has 0 N–H and O–H groups in total. The van der Waals surface area contributed by atoms with E-state index in [0.717, 1.165) is 12.3 Å². The molecule has 7 heteroatoms. The zero-order chi connectivity index (χ0) is 13.3. The molecule has 0 aromatic carbocycles. The minimum absolute atomic E-state index is 0.456. The first-order valence-corrected chi connectivity index (χ1v) is 6.79. The van der Waals surface area contributed by atoms with Gasteiger partial charge in [0.1, 0.15) is 5.69 Å². The Bertz CT molecular complexity index is 501. The first kappa shape index (κ1) is 14.0. The molecule has 17 heavy (non-hydrogen) atoms. The van der Waals surface area contributed by atoms with Gasteiger partial charge in [0.2, 0.25) is 0 Å². The maximum Gasteiger partial charge on any atom is 0.433 e. The lowest BCUT2D eigenvalue weighted by atomic mass is 10.2. The molecule has 0 amide bonds. The fraction of sp³-hybridized carbons (Fsp3) is 0.500. The van der Waals surface area contributed by atoms with Crippen molar-refractivity contribution in [3.63, 3.8) is 0 Å².